The lowest BCUT2D eigenvalue weighted by Gasteiger charge is -2.06. The van der Waals surface area contributed by atoms with Crippen molar-refractivity contribution in [2.75, 3.05) is 0 Å². The SMILES string of the molecule is CC(=NNC(=O)c1ccccc1)c1cc(F)cc(F)c1O. The molecule has 0 atom stereocenters. The summed E-state index contributed by atoms with van der Waals surface area (Å²) >= 11 is 0. The van der Waals surface area contributed by atoms with Crippen molar-refractivity contribution in [1.29, 1.82) is 0 Å². The van der Waals surface area contributed by atoms with Crippen LogP contribution in [0.5, 0.6) is 5.75 Å². The highest BCUT2D eigenvalue weighted by Gasteiger charge is 2.13. The Morgan fingerprint density at radius 1 is 1.19 bits per heavy atom. The number of aromatic hydroxyl groups is 1. The molecule has 0 aromatic heterocycles. The maximum Gasteiger partial charge on any atom is 0.271 e. The molecule has 2 aromatic rings. The van der Waals surface area contributed by atoms with E-state index in [9.17, 15) is 18.7 Å². The van der Waals surface area contributed by atoms with Crippen LogP contribution < -0.4 is 5.43 Å². The first kappa shape index (κ1) is 14.6. The number of hydrogen-bond acceptors (Lipinski definition) is 3. The summed E-state index contributed by atoms with van der Waals surface area (Å²) in [5.74, 6) is -3.11. The summed E-state index contributed by atoms with van der Waals surface area (Å²) in [5.41, 5.74) is 2.60. The van der Waals surface area contributed by atoms with Crippen molar-refractivity contribution in [3.63, 3.8) is 0 Å². The molecule has 0 heterocycles. The van der Waals surface area contributed by atoms with Gasteiger partial charge >= 0.3 is 0 Å². The Kier molecular flexibility index (Phi) is 4.27. The van der Waals surface area contributed by atoms with Crippen molar-refractivity contribution in [2.45, 2.75) is 6.92 Å². The van der Waals surface area contributed by atoms with Gasteiger partial charge in [-0.15, -0.1) is 0 Å². The van der Waals surface area contributed by atoms with Crippen LogP contribution in [-0.4, -0.2) is 16.7 Å². The van der Waals surface area contributed by atoms with Gasteiger partial charge in [0.25, 0.3) is 5.91 Å². The van der Waals surface area contributed by atoms with Gasteiger partial charge in [0, 0.05) is 17.2 Å². The lowest BCUT2D eigenvalue weighted by atomic mass is 10.1. The molecule has 0 saturated heterocycles. The molecule has 6 heteroatoms. The normalized spacial score (nSPS) is 11.3. The van der Waals surface area contributed by atoms with Crippen molar-refractivity contribution in [2.24, 2.45) is 5.10 Å². The highest BCUT2D eigenvalue weighted by molar-refractivity contribution is 6.02. The Morgan fingerprint density at radius 2 is 1.86 bits per heavy atom. The first-order valence-electron chi connectivity index (χ1n) is 6.07. The van der Waals surface area contributed by atoms with Gasteiger partial charge in [0.1, 0.15) is 5.82 Å². The lowest BCUT2D eigenvalue weighted by Crippen LogP contribution is -2.19. The summed E-state index contributed by atoms with van der Waals surface area (Å²) in [6, 6.07) is 9.84. The van der Waals surface area contributed by atoms with E-state index in [0.717, 1.165) is 6.07 Å². The highest BCUT2D eigenvalue weighted by atomic mass is 19.1. The molecule has 2 rings (SSSR count). The first-order chi connectivity index (χ1) is 9.99. The van der Waals surface area contributed by atoms with Gasteiger partial charge in [-0.2, -0.15) is 5.10 Å². The Balaban J connectivity index is 2.21. The molecule has 4 nitrogen and oxygen atoms in total. The summed E-state index contributed by atoms with van der Waals surface area (Å²) in [5, 5.41) is 13.3. The molecule has 0 aliphatic rings. The number of nitrogens with zero attached hydrogens (tertiary/aromatic N) is 1. The van der Waals surface area contributed by atoms with Gasteiger partial charge < -0.3 is 5.11 Å². The molecule has 1 amide bonds. The van der Waals surface area contributed by atoms with Crippen LogP contribution in [0.3, 0.4) is 0 Å². The Bertz CT molecular complexity index is 700. The second kappa shape index (κ2) is 6.13. The number of nitrogens with one attached hydrogen (secondary N) is 1. The third-order valence-corrected chi connectivity index (χ3v) is 2.78. The molecule has 0 bridgehead atoms. The topological polar surface area (TPSA) is 61.7 Å². The number of carbonyl (C=O) groups is 1. The summed E-state index contributed by atoms with van der Waals surface area (Å²) < 4.78 is 26.4. The molecule has 2 N–H and O–H groups in total. The largest absolute Gasteiger partial charge is 0.504 e. The number of hydrogen-bond donors (Lipinski definition) is 2. The van der Waals surface area contributed by atoms with Crippen molar-refractivity contribution < 1.29 is 18.7 Å². The molecular formula is C15H12F2N2O2. The fraction of sp³-hybridized carbons (Fsp3) is 0.0667. The second-order valence-electron chi connectivity index (χ2n) is 4.29. The van der Waals surface area contributed by atoms with Crippen LogP contribution in [0.2, 0.25) is 0 Å². The van der Waals surface area contributed by atoms with Gasteiger partial charge in [-0.25, -0.2) is 14.2 Å². The molecule has 0 spiro atoms. The van der Waals surface area contributed by atoms with Gasteiger partial charge in [-0.3, -0.25) is 4.79 Å². The summed E-state index contributed by atoms with van der Waals surface area (Å²) in [7, 11) is 0. The zero-order valence-corrected chi connectivity index (χ0v) is 11.1. The molecule has 0 unspecified atom stereocenters. The van der Waals surface area contributed by atoms with Crippen molar-refractivity contribution in [3.8, 4) is 5.75 Å². The molecule has 0 aliphatic carbocycles. The fourth-order valence-electron chi connectivity index (χ4n) is 1.69. The maximum atomic E-state index is 13.2. The van der Waals surface area contributed by atoms with Crippen LogP contribution in [0.15, 0.2) is 47.6 Å². The van der Waals surface area contributed by atoms with E-state index in [1.807, 2.05) is 0 Å². The van der Waals surface area contributed by atoms with Crippen LogP contribution in [0.1, 0.15) is 22.8 Å². The van der Waals surface area contributed by atoms with Crippen LogP contribution in [0.4, 0.5) is 8.78 Å². The lowest BCUT2D eigenvalue weighted by molar-refractivity contribution is 0.0955. The Labute approximate surface area is 119 Å². The van der Waals surface area contributed by atoms with Gasteiger partial charge in [-0.05, 0) is 25.1 Å². The van der Waals surface area contributed by atoms with E-state index >= 15 is 0 Å². The van der Waals surface area contributed by atoms with Crippen LogP contribution in [-0.2, 0) is 0 Å². The minimum atomic E-state index is -1.09. The van der Waals surface area contributed by atoms with Crippen LogP contribution >= 0.6 is 0 Å². The van der Waals surface area contributed by atoms with Gasteiger partial charge in [0.05, 0.1) is 5.71 Å². The number of phenolic OH excluding ortho intramolecular Hbond substituents is 1. The Hall–Kier alpha value is -2.76. The van der Waals surface area contributed by atoms with Gasteiger partial charge in [-0.1, -0.05) is 18.2 Å². The summed E-state index contributed by atoms with van der Waals surface area (Å²) in [6.45, 7) is 1.42. The first-order valence-corrected chi connectivity index (χ1v) is 6.07. The molecule has 0 aliphatic heterocycles. The molecular weight excluding hydrogens is 278 g/mol. The van der Waals surface area contributed by atoms with Crippen molar-refractivity contribution in [3.05, 3.63) is 65.2 Å². The number of hydrazone groups is 1. The van der Waals surface area contributed by atoms with Crippen molar-refractivity contribution >= 4 is 11.6 Å². The van der Waals surface area contributed by atoms with E-state index in [-0.39, 0.29) is 11.3 Å². The summed E-state index contributed by atoms with van der Waals surface area (Å²) in [6.07, 6.45) is 0. The monoisotopic (exact) mass is 290 g/mol. The number of carbonyl (C=O) groups excluding carboxylic acids is 1. The minimum absolute atomic E-state index is 0.0789. The standard InChI is InChI=1S/C15H12F2N2O2/c1-9(12-7-11(16)8-13(17)14(12)20)18-19-15(21)10-5-3-2-4-6-10/h2-8,20H,1H3,(H,19,21). The van der Waals surface area contributed by atoms with E-state index in [0.29, 0.717) is 11.6 Å². The predicted octanol–water partition coefficient (Wildman–Crippen LogP) is 2.82. The molecule has 0 fully saturated rings. The molecule has 2 aromatic carbocycles. The third kappa shape index (κ3) is 3.42. The fourth-order valence-corrected chi connectivity index (χ4v) is 1.69. The maximum absolute atomic E-state index is 13.2. The zero-order chi connectivity index (χ0) is 15.4. The van der Waals surface area contributed by atoms with E-state index in [1.165, 1.54) is 6.92 Å². The van der Waals surface area contributed by atoms with E-state index in [1.54, 1.807) is 30.3 Å². The molecule has 108 valence electrons. The van der Waals surface area contributed by atoms with Crippen LogP contribution in [0, 0.1) is 11.6 Å². The molecule has 0 radical (unpaired) electrons. The summed E-state index contributed by atoms with van der Waals surface area (Å²) in [4.78, 5) is 11.8. The second-order valence-corrected chi connectivity index (χ2v) is 4.29. The average Bonchev–Trinajstić information content (AvgIpc) is 2.49. The Morgan fingerprint density at radius 3 is 2.52 bits per heavy atom. The molecule has 21 heavy (non-hydrogen) atoms. The number of rotatable bonds is 3. The quantitative estimate of drug-likeness (QED) is 0.674. The third-order valence-electron chi connectivity index (χ3n) is 2.78. The number of halogens is 2. The highest BCUT2D eigenvalue weighted by Crippen LogP contribution is 2.23. The van der Waals surface area contributed by atoms with Gasteiger partial charge in [0.15, 0.2) is 11.6 Å². The van der Waals surface area contributed by atoms with Crippen LogP contribution in [0.25, 0.3) is 0 Å². The predicted molar refractivity (Wildman–Crippen MR) is 74.1 cm³/mol. The zero-order valence-electron chi connectivity index (χ0n) is 11.1. The van der Waals surface area contributed by atoms with Crippen molar-refractivity contribution in [1.82, 2.24) is 5.43 Å². The number of phenols is 1. The number of amides is 1. The van der Waals surface area contributed by atoms with E-state index in [2.05, 4.69) is 10.5 Å². The van der Waals surface area contributed by atoms with Gasteiger partial charge in [0.2, 0.25) is 0 Å². The average molecular weight is 290 g/mol. The van der Waals surface area contributed by atoms with E-state index < -0.39 is 23.3 Å². The van der Waals surface area contributed by atoms with E-state index in [4.69, 9.17) is 0 Å². The smallest absolute Gasteiger partial charge is 0.271 e. The minimum Gasteiger partial charge on any atom is -0.504 e. The molecule has 0 saturated carbocycles. The number of benzene rings is 2.